The second-order valence-corrected chi connectivity index (χ2v) is 5.30. The molecule has 0 unspecified atom stereocenters. The summed E-state index contributed by atoms with van der Waals surface area (Å²) in [6.07, 6.45) is 0. The molecule has 0 aliphatic carbocycles. The van der Waals surface area contributed by atoms with E-state index in [1.807, 2.05) is 0 Å². The topological polar surface area (TPSA) is 73.2 Å². The SMILES string of the molecule is Cc1nn(C)c(Cl)c1C(=O)OCC(=O)Nc1ccc(Cl)cc1. The van der Waals surface area contributed by atoms with Crippen molar-refractivity contribution in [2.45, 2.75) is 6.92 Å². The molecule has 1 aromatic heterocycles. The van der Waals surface area contributed by atoms with E-state index in [2.05, 4.69) is 10.4 Å². The molecule has 0 aliphatic heterocycles. The fourth-order valence-corrected chi connectivity index (χ4v) is 2.17. The van der Waals surface area contributed by atoms with E-state index in [0.29, 0.717) is 16.4 Å². The smallest absolute Gasteiger partial charge is 0.343 e. The molecule has 2 rings (SSSR count). The van der Waals surface area contributed by atoms with Crippen LogP contribution in [0.1, 0.15) is 16.1 Å². The molecule has 0 saturated carbocycles. The van der Waals surface area contributed by atoms with Crippen molar-refractivity contribution in [2.75, 3.05) is 11.9 Å². The number of halogens is 2. The van der Waals surface area contributed by atoms with Crippen molar-refractivity contribution in [3.63, 3.8) is 0 Å². The van der Waals surface area contributed by atoms with E-state index in [0.717, 1.165) is 0 Å². The van der Waals surface area contributed by atoms with E-state index in [1.165, 1.54) is 4.68 Å². The zero-order valence-corrected chi connectivity index (χ0v) is 13.4. The minimum atomic E-state index is -0.693. The lowest BCUT2D eigenvalue weighted by atomic mass is 10.3. The Bertz CT molecular complexity index is 711. The van der Waals surface area contributed by atoms with Crippen LogP contribution in [0.25, 0.3) is 0 Å². The van der Waals surface area contributed by atoms with Gasteiger partial charge in [0, 0.05) is 17.8 Å². The molecule has 0 radical (unpaired) electrons. The van der Waals surface area contributed by atoms with Gasteiger partial charge >= 0.3 is 5.97 Å². The van der Waals surface area contributed by atoms with E-state index in [9.17, 15) is 9.59 Å². The molecule has 1 amide bonds. The highest BCUT2D eigenvalue weighted by Gasteiger charge is 2.21. The first-order chi connectivity index (χ1) is 10.4. The van der Waals surface area contributed by atoms with Gasteiger partial charge < -0.3 is 10.1 Å². The lowest BCUT2D eigenvalue weighted by Crippen LogP contribution is -2.21. The van der Waals surface area contributed by atoms with Crippen molar-refractivity contribution in [1.29, 1.82) is 0 Å². The van der Waals surface area contributed by atoms with E-state index >= 15 is 0 Å². The van der Waals surface area contributed by atoms with Crippen LogP contribution in [0.15, 0.2) is 24.3 Å². The molecule has 1 heterocycles. The van der Waals surface area contributed by atoms with Gasteiger partial charge in [-0.15, -0.1) is 0 Å². The van der Waals surface area contributed by atoms with Gasteiger partial charge in [0.15, 0.2) is 6.61 Å². The highest BCUT2D eigenvalue weighted by atomic mass is 35.5. The van der Waals surface area contributed by atoms with Crippen molar-refractivity contribution >= 4 is 40.8 Å². The van der Waals surface area contributed by atoms with Crippen molar-refractivity contribution in [3.05, 3.63) is 45.7 Å². The highest BCUT2D eigenvalue weighted by Crippen LogP contribution is 2.19. The number of ether oxygens (including phenoxy) is 1. The van der Waals surface area contributed by atoms with E-state index in [-0.39, 0.29) is 10.7 Å². The molecular weight excluding hydrogens is 329 g/mol. The molecule has 0 atom stereocenters. The number of nitrogens with zero attached hydrogens (tertiary/aromatic N) is 2. The average Bonchev–Trinajstić information content (AvgIpc) is 2.72. The molecule has 2 aromatic rings. The Morgan fingerprint density at radius 3 is 2.45 bits per heavy atom. The molecular formula is C14H13Cl2N3O3. The summed E-state index contributed by atoms with van der Waals surface area (Å²) in [6, 6.07) is 6.57. The van der Waals surface area contributed by atoms with Crippen molar-refractivity contribution in [3.8, 4) is 0 Å². The number of rotatable bonds is 4. The van der Waals surface area contributed by atoms with Gasteiger partial charge in [0.2, 0.25) is 0 Å². The molecule has 0 aliphatic rings. The number of esters is 1. The largest absolute Gasteiger partial charge is 0.452 e. The summed E-state index contributed by atoms with van der Waals surface area (Å²) >= 11 is 11.7. The Labute approximate surface area is 137 Å². The summed E-state index contributed by atoms with van der Waals surface area (Å²) in [5, 5.41) is 7.32. The fraction of sp³-hybridized carbons (Fsp3) is 0.214. The number of aryl methyl sites for hydroxylation is 2. The standard InChI is InChI=1S/C14H13Cl2N3O3/c1-8-12(13(16)19(2)18-8)14(21)22-7-11(20)17-10-5-3-9(15)4-6-10/h3-6H,7H2,1-2H3,(H,17,20). The molecule has 0 spiro atoms. The number of aromatic nitrogens is 2. The molecule has 0 bridgehead atoms. The first kappa shape index (κ1) is 16.3. The van der Waals surface area contributed by atoms with Crippen LogP contribution in [0.5, 0.6) is 0 Å². The molecule has 0 fully saturated rings. The van der Waals surface area contributed by atoms with Crippen LogP contribution in [-0.2, 0) is 16.6 Å². The number of nitrogens with one attached hydrogen (secondary N) is 1. The minimum absolute atomic E-state index is 0.156. The summed E-state index contributed by atoms with van der Waals surface area (Å²) in [6.45, 7) is 1.21. The highest BCUT2D eigenvalue weighted by molar-refractivity contribution is 6.32. The first-order valence-electron chi connectivity index (χ1n) is 6.30. The number of carbonyl (C=O) groups is 2. The number of carbonyl (C=O) groups excluding carboxylic acids is 2. The molecule has 8 heteroatoms. The summed E-state index contributed by atoms with van der Waals surface area (Å²) in [7, 11) is 1.61. The Balaban J connectivity index is 1.93. The Kier molecular flexibility index (Phi) is 5.05. The molecule has 6 nitrogen and oxygen atoms in total. The van der Waals surface area contributed by atoms with E-state index in [1.54, 1.807) is 38.2 Å². The Morgan fingerprint density at radius 1 is 1.27 bits per heavy atom. The number of hydrogen-bond acceptors (Lipinski definition) is 4. The van der Waals surface area contributed by atoms with Gasteiger partial charge in [0.1, 0.15) is 10.7 Å². The van der Waals surface area contributed by atoms with Crippen molar-refractivity contribution in [2.24, 2.45) is 7.05 Å². The van der Waals surface area contributed by atoms with Gasteiger partial charge in [-0.2, -0.15) is 5.10 Å². The maximum atomic E-state index is 11.9. The third-order valence-electron chi connectivity index (χ3n) is 2.82. The average molecular weight is 342 g/mol. The normalized spacial score (nSPS) is 10.4. The third kappa shape index (κ3) is 3.78. The number of anilines is 1. The summed E-state index contributed by atoms with van der Waals surface area (Å²) in [5.41, 5.74) is 1.15. The van der Waals surface area contributed by atoms with Crippen LogP contribution >= 0.6 is 23.2 Å². The van der Waals surface area contributed by atoms with Gasteiger partial charge in [-0.1, -0.05) is 23.2 Å². The minimum Gasteiger partial charge on any atom is -0.452 e. The summed E-state index contributed by atoms with van der Waals surface area (Å²) < 4.78 is 6.31. The molecule has 116 valence electrons. The first-order valence-corrected chi connectivity index (χ1v) is 7.05. The van der Waals surface area contributed by atoms with Gasteiger partial charge in [-0.3, -0.25) is 9.48 Å². The predicted molar refractivity (Wildman–Crippen MR) is 83.3 cm³/mol. The second-order valence-electron chi connectivity index (χ2n) is 4.51. The van der Waals surface area contributed by atoms with Crippen LogP contribution in [-0.4, -0.2) is 28.3 Å². The predicted octanol–water partition coefficient (Wildman–Crippen LogP) is 2.83. The molecule has 1 aromatic carbocycles. The van der Waals surface area contributed by atoms with Crippen LogP contribution in [0.2, 0.25) is 10.2 Å². The van der Waals surface area contributed by atoms with Crippen molar-refractivity contribution in [1.82, 2.24) is 9.78 Å². The van der Waals surface area contributed by atoms with Crippen molar-refractivity contribution < 1.29 is 14.3 Å². The molecule has 0 saturated heterocycles. The number of hydrogen-bond donors (Lipinski definition) is 1. The zero-order valence-electron chi connectivity index (χ0n) is 11.9. The molecule has 22 heavy (non-hydrogen) atoms. The van der Waals surface area contributed by atoms with Crippen LogP contribution in [0.4, 0.5) is 5.69 Å². The lowest BCUT2D eigenvalue weighted by molar-refractivity contribution is -0.119. The molecule has 1 N–H and O–H groups in total. The fourth-order valence-electron chi connectivity index (χ4n) is 1.80. The monoisotopic (exact) mass is 341 g/mol. The zero-order chi connectivity index (χ0) is 16.3. The van der Waals surface area contributed by atoms with E-state index in [4.69, 9.17) is 27.9 Å². The third-order valence-corrected chi connectivity index (χ3v) is 3.50. The summed E-state index contributed by atoms with van der Waals surface area (Å²) in [5.74, 6) is -1.16. The Morgan fingerprint density at radius 2 is 1.91 bits per heavy atom. The van der Waals surface area contributed by atoms with Gasteiger partial charge in [0.25, 0.3) is 5.91 Å². The second kappa shape index (κ2) is 6.81. The Hall–Kier alpha value is -2.05. The van der Waals surface area contributed by atoms with E-state index < -0.39 is 18.5 Å². The van der Waals surface area contributed by atoms with Gasteiger partial charge in [-0.25, -0.2) is 4.79 Å². The lowest BCUT2D eigenvalue weighted by Gasteiger charge is -2.06. The van der Waals surface area contributed by atoms with Crippen LogP contribution in [0, 0.1) is 6.92 Å². The van der Waals surface area contributed by atoms with Crippen LogP contribution < -0.4 is 5.32 Å². The number of benzene rings is 1. The van der Waals surface area contributed by atoms with Gasteiger partial charge in [0.05, 0.1) is 5.69 Å². The maximum Gasteiger partial charge on any atom is 0.343 e. The van der Waals surface area contributed by atoms with Crippen LogP contribution in [0.3, 0.4) is 0 Å². The number of amides is 1. The van der Waals surface area contributed by atoms with Gasteiger partial charge in [-0.05, 0) is 31.2 Å². The quantitative estimate of drug-likeness (QED) is 0.867. The summed E-state index contributed by atoms with van der Waals surface area (Å²) in [4.78, 5) is 23.7. The maximum absolute atomic E-state index is 11.9.